The summed E-state index contributed by atoms with van der Waals surface area (Å²) in [4.78, 5) is 0. The van der Waals surface area contributed by atoms with Crippen LogP contribution in [0.2, 0.25) is 0 Å². The smallest absolute Gasteiger partial charge is 0.748 e. The Morgan fingerprint density at radius 2 is 1.17 bits per heavy atom. The van der Waals surface area contributed by atoms with Gasteiger partial charge in [0, 0.05) is 5.25 Å². The summed E-state index contributed by atoms with van der Waals surface area (Å²) < 4.78 is 34.0. The zero-order valence-electron chi connectivity index (χ0n) is 16.1. The molecule has 0 fully saturated rings. The summed E-state index contributed by atoms with van der Waals surface area (Å²) in [6, 6.07) is 0. The fourth-order valence-electron chi connectivity index (χ4n) is 2.92. The molecule has 0 rings (SSSR count). The fourth-order valence-corrected chi connectivity index (χ4v) is 3.83. The molecule has 0 radical (unpaired) electrons. The van der Waals surface area contributed by atoms with Crippen molar-refractivity contribution in [3.63, 3.8) is 0 Å². The van der Waals surface area contributed by atoms with Crippen molar-refractivity contribution >= 4 is 10.1 Å². The Morgan fingerprint density at radius 3 is 1.67 bits per heavy atom. The molecule has 0 aromatic heterocycles. The van der Waals surface area contributed by atoms with Crippen LogP contribution in [0.5, 0.6) is 0 Å². The molecule has 0 amide bonds. The first-order valence-electron chi connectivity index (χ1n) is 9.54. The molecule has 0 bridgehead atoms. The van der Waals surface area contributed by atoms with Gasteiger partial charge in [0.2, 0.25) is 0 Å². The van der Waals surface area contributed by atoms with Gasteiger partial charge in [0.1, 0.15) is 0 Å². The first kappa shape index (κ1) is 27.1. The van der Waals surface area contributed by atoms with E-state index in [1.54, 1.807) is 0 Å². The van der Waals surface area contributed by atoms with E-state index in [4.69, 9.17) is 0 Å². The molecule has 0 aliphatic rings. The molecule has 24 heavy (non-hydrogen) atoms. The fraction of sp³-hybridized carbons (Fsp3) is 1.00. The van der Waals surface area contributed by atoms with Gasteiger partial charge in [0.05, 0.1) is 16.2 Å². The van der Waals surface area contributed by atoms with Crippen molar-refractivity contribution in [3.8, 4) is 0 Å². The van der Waals surface area contributed by atoms with E-state index in [1.165, 1.54) is 6.42 Å². The minimum absolute atomic E-state index is 0. The van der Waals surface area contributed by atoms with E-state index in [9.17, 15) is 18.1 Å². The molecule has 1 N–H and O–H groups in total. The van der Waals surface area contributed by atoms with E-state index >= 15 is 0 Å². The minimum Gasteiger partial charge on any atom is -0.748 e. The Bertz CT molecular complexity index is 360. The predicted molar refractivity (Wildman–Crippen MR) is 95.5 cm³/mol. The van der Waals surface area contributed by atoms with Crippen LogP contribution >= 0.6 is 0 Å². The number of hydrogen-bond donors (Lipinski definition) is 1. The average molecular weight is 373 g/mol. The summed E-state index contributed by atoms with van der Waals surface area (Å²) in [5.74, 6) is 0. The molecule has 0 saturated heterocycles. The van der Waals surface area contributed by atoms with Gasteiger partial charge in [-0.1, -0.05) is 78.1 Å². The van der Waals surface area contributed by atoms with E-state index in [2.05, 4.69) is 13.8 Å². The standard InChI is InChI=1S/C18H38O4S.Na/c1-3-5-7-8-11-15-18(23(20,21)22)16-12-9-10-14-17(19)13-6-4-2;/h17-19H,3-16H2,1-2H3,(H,20,21,22);/q;+1/p-1. The Balaban J connectivity index is 0. The molecule has 0 aliphatic heterocycles. The number of rotatable bonds is 16. The first-order chi connectivity index (χ1) is 10.9. The maximum absolute atomic E-state index is 11.3. The molecule has 0 spiro atoms. The van der Waals surface area contributed by atoms with Crippen LogP contribution in [-0.2, 0) is 10.1 Å². The summed E-state index contributed by atoms with van der Waals surface area (Å²) in [5, 5.41) is 9.05. The molecular weight excluding hydrogens is 335 g/mol. The van der Waals surface area contributed by atoms with Gasteiger partial charge in [-0.3, -0.25) is 0 Å². The molecule has 2 unspecified atom stereocenters. The average Bonchev–Trinajstić information content (AvgIpc) is 2.49. The van der Waals surface area contributed by atoms with Crippen molar-refractivity contribution in [2.24, 2.45) is 0 Å². The van der Waals surface area contributed by atoms with Crippen LogP contribution in [0.4, 0.5) is 0 Å². The van der Waals surface area contributed by atoms with Crippen LogP contribution in [0, 0.1) is 0 Å². The Labute approximate surface area is 172 Å². The van der Waals surface area contributed by atoms with E-state index in [0.29, 0.717) is 12.8 Å². The third-order valence-corrected chi connectivity index (χ3v) is 5.78. The van der Waals surface area contributed by atoms with Crippen LogP contribution < -0.4 is 29.6 Å². The van der Waals surface area contributed by atoms with Crippen molar-refractivity contribution in [1.82, 2.24) is 0 Å². The molecule has 0 heterocycles. The van der Waals surface area contributed by atoms with Gasteiger partial charge in [0.25, 0.3) is 0 Å². The molecule has 6 heteroatoms. The number of aliphatic hydroxyl groups is 1. The largest absolute Gasteiger partial charge is 1.00 e. The summed E-state index contributed by atoms with van der Waals surface area (Å²) in [6.07, 6.45) is 12.4. The van der Waals surface area contributed by atoms with Gasteiger partial charge in [0.15, 0.2) is 0 Å². The maximum Gasteiger partial charge on any atom is 1.00 e. The van der Waals surface area contributed by atoms with Gasteiger partial charge in [-0.2, -0.15) is 0 Å². The third kappa shape index (κ3) is 16.3. The molecule has 0 aliphatic carbocycles. The molecule has 2 atom stereocenters. The monoisotopic (exact) mass is 372 g/mol. The Morgan fingerprint density at radius 1 is 0.750 bits per heavy atom. The third-order valence-electron chi connectivity index (χ3n) is 4.49. The summed E-state index contributed by atoms with van der Waals surface area (Å²) in [7, 11) is -4.17. The molecular formula is C18H37NaO4S. The zero-order chi connectivity index (χ0) is 17.6. The molecule has 0 aromatic rings. The van der Waals surface area contributed by atoms with Gasteiger partial charge < -0.3 is 9.66 Å². The second kappa shape index (κ2) is 17.3. The topological polar surface area (TPSA) is 77.4 Å². The Hall–Kier alpha value is 0.870. The maximum atomic E-state index is 11.3. The molecule has 0 aromatic carbocycles. The summed E-state index contributed by atoms with van der Waals surface area (Å²) >= 11 is 0. The van der Waals surface area contributed by atoms with Crippen molar-refractivity contribution in [3.05, 3.63) is 0 Å². The van der Waals surface area contributed by atoms with E-state index in [0.717, 1.165) is 70.6 Å². The second-order valence-electron chi connectivity index (χ2n) is 6.75. The Kier molecular flexibility index (Phi) is 19.5. The van der Waals surface area contributed by atoms with Crippen LogP contribution in [-0.4, -0.2) is 29.4 Å². The zero-order valence-corrected chi connectivity index (χ0v) is 19.0. The van der Waals surface area contributed by atoms with Crippen LogP contribution in [0.3, 0.4) is 0 Å². The van der Waals surface area contributed by atoms with Gasteiger partial charge >= 0.3 is 29.6 Å². The van der Waals surface area contributed by atoms with Crippen LogP contribution in [0.1, 0.15) is 104 Å². The first-order valence-corrected chi connectivity index (χ1v) is 11.0. The summed E-state index contributed by atoms with van der Waals surface area (Å²) in [5.41, 5.74) is 0. The second-order valence-corrected chi connectivity index (χ2v) is 8.40. The minimum atomic E-state index is -4.17. The van der Waals surface area contributed by atoms with Gasteiger partial charge in [-0.05, 0) is 25.7 Å². The normalized spacial score (nSPS) is 14.2. The number of hydrogen-bond acceptors (Lipinski definition) is 4. The molecule has 4 nitrogen and oxygen atoms in total. The predicted octanol–water partition coefficient (Wildman–Crippen LogP) is 1.77. The molecule has 0 saturated carbocycles. The van der Waals surface area contributed by atoms with E-state index in [1.807, 2.05) is 0 Å². The van der Waals surface area contributed by atoms with Gasteiger partial charge in [-0.15, -0.1) is 0 Å². The molecule has 140 valence electrons. The number of aliphatic hydroxyl groups excluding tert-OH is 1. The van der Waals surface area contributed by atoms with E-state index < -0.39 is 15.4 Å². The van der Waals surface area contributed by atoms with E-state index in [-0.39, 0.29) is 35.7 Å². The SMILES string of the molecule is CCCCCCCC(CCCCCC(O)CCCC)S(=O)(=O)[O-].[Na+]. The van der Waals surface area contributed by atoms with Crippen molar-refractivity contribution in [2.45, 2.75) is 115 Å². The van der Waals surface area contributed by atoms with Crippen molar-refractivity contribution in [2.75, 3.05) is 0 Å². The quantitative estimate of drug-likeness (QED) is 0.254. The van der Waals surface area contributed by atoms with Gasteiger partial charge in [-0.25, -0.2) is 8.42 Å². The summed E-state index contributed by atoms with van der Waals surface area (Å²) in [6.45, 7) is 4.25. The van der Waals surface area contributed by atoms with Crippen molar-refractivity contribution < 1.29 is 47.6 Å². The number of unbranched alkanes of at least 4 members (excludes halogenated alkanes) is 7. The van der Waals surface area contributed by atoms with Crippen molar-refractivity contribution in [1.29, 1.82) is 0 Å². The van der Waals surface area contributed by atoms with Crippen LogP contribution in [0.15, 0.2) is 0 Å². The van der Waals surface area contributed by atoms with Crippen LogP contribution in [0.25, 0.3) is 0 Å².